The Morgan fingerprint density at radius 3 is 2.38 bits per heavy atom. The van der Waals surface area contributed by atoms with Gasteiger partial charge in [0, 0.05) is 50.5 Å². The van der Waals surface area contributed by atoms with Crippen LogP contribution < -0.4 is 10.4 Å². The summed E-state index contributed by atoms with van der Waals surface area (Å²) in [6, 6.07) is 27.8. The highest BCUT2D eigenvalue weighted by Crippen LogP contribution is 2.32. The van der Waals surface area contributed by atoms with Gasteiger partial charge < -0.3 is 19.1 Å². The summed E-state index contributed by atoms with van der Waals surface area (Å²) in [5.74, 6) is 0.854. The van der Waals surface area contributed by atoms with Crippen LogP contribution in [0.3, 0.4) is 0 Å². The van der Waals surface area contributed by atoms with Crippen molar-refractivity contribution in [1.82, 2.24) is 24.0 Å². The number of nitrogens with zero attached hydrogens (tertiary/aromatic N) is 5. The average molecular weight is 644 g/mol. The number of hydrogen-bond donors (Lipinski definition) is 0. The molecular formula is C38H37N5O5. The van der Waals surface area contributed by atoms with Crippen LogP contribution in [-0.4, -0.2) is 63.5 Å². The molecule has 4 heterocycles. The third-order valence-electron chi connectivity index (χ3n) is 9.07. The third-order valence-corrected chi connectivity index (χ3v) is 9.07. The Morgan fingerprint density at radius 1 is 0.875 bits per heavy atom. The van der Waals surface area contributed by atoms with Gasteiger partial charge in [-0.05, 0) is 65.8 Å². The monoisotopic (exact) mass is 643 g/mol. The van der Waals surface area contributed by atoms with Crippen molar-refractivity contribution in [1.29, 1.82) is 0 Å². The Hall–Kier alpha value is -5.48. The number of piperidine rings is 1. The molecule has 0 atom stereocenters. The van der Waals surface area contributed by atoms with Crippen LogP contribution in [0.15, 0.2) is 102 Å². The topological polar surface area (TPSA) is 101 Å². The fraction of sp³-hybridized carbons (Fsp3) is 0.263. The fourth-order valence-corrected chi connectivity index (χ4v) is 6.38. The minimum Gasteiger partial charge on any atom is -0.475 e. The summed E-state index contributed by atoms with van der Waals surface area (Å²) < 4.78 is 19.6. The van der Waals surface area contributed by atoms with Crippen LogP contribution in [0.1, 0.15) is 29.9 Å². The van der Waals surface area contributed by atoms with Crippen LogP contribution in [-0.2, 0) is 23.1 Å². The molecule has 6 aromatic rings. The molecule has 0 saturated carbocycles. The number of hydrogen-bond acceptors (Lipinski definition) is 7. The Labute approximate surface area is 278 Å². The van der Waals surface area contributed by atoms with Crippen LogP contribution in [0.2, 0.25) is 0 Å². The molecule has 1 saturated heterocycles. The highest BCUT2D eigenvalue weighted by atomic mass is 16.6. The summed E-state index contributed by atoms with van der Waals surface area (Å²) in [6.45, 7) is 2.48. The van der Waals surface area contributed by atoms with Gasteiger partial charge in [-0.2, -0.15) is 0 Å². The predicted octanol–water partition coefficient (Wildman–Crippen LogP) is 6.48. The molecule has 7 rings (SSSR count). The number of carbonyl (C=O) groups excluding carboxylic acids is 1. The smallest absolute Gasteiger partial charge is 0.410 e. The molecule has 0 spiro atoms. The van der Waals surface area contributed by atoms with E-state index < -0.39 is 0 Å². The molecule has 244 valence electrons. The lowest BCUT2D eigenvalue weighted by molar-refractivity contribution is 0.0870. The van der Waals surface area contributed by atoms with Crippen molar-refractivity contribution >= 4 is 28.0 Å². The fourth-order valence-electron chi connectivity index (χ4n) is 6.38. The first-order valence-electron chi connectivity index (χ1n) is 16.1. The summed E-state index contributed by atoms with van der Waals surface area (Å²) >= 11 is 0. The Morgan fingerprint density at radius 2 is 1.65 bits per heavy atom. The van der Waals surface area contributed by atoms with Gasteiger partial charge in [0.15, 0.2) is 0 Å². The molecule has 48 heavy (non-hydrogen) atoms. The maximum absolute atomic E-state index is 13.7. The first kappa shape index (κ1) is 31.1. The molecule has 1 aliphatic rings. The maximum atomic E-state index is 13.7. The van der Waals surface area contributed by atoms with Crippen molar-refractivity contribution in [3.63, 3.8) is 0 Å². The van der Waals surface area contributed by atoms with E-state index in [0.717, 1.165) is 57.2 Å². The quantitative estimate of drug-likeness (QED) is 0.166. The van der Waals surface area contributed by atoms with Gasteiger partial charge in [0.05, 0.1) is 35.0 Å². The second-order valence-electron chi connectivity index (χ2n) is 12.0. The highest BCUT2D eigenvalue weighted by Gasteiger charge is 2.25. The molecule has 1 aliphatic heterocycles. The molecule has 3 aromatic carbocycles. The zero-order valence-corrected chi connectivity index (χ0v) is 27.0. The Bertz CT molecular complexity index is 2100. The average Bonchev–Trinajstić information content (AvgIpc) is 3.40. The number of methoxy groups -OCH3 is 1. The zero-order valence-electron chi connectivity index (χ0n) is 27.0. The number of imidazole rings is 1. The van der Waals surface area contributed by atoms with Crippen molar-refractivity contribution in [2.24, 2.45) is 7.05 Å². The van der Waals surface area contributed by atoms with Crippen LogP contribution >= 0.6 is 0 Å². The highest BCUT2D eigenvalue weighted by molar-refractivity contribution is 6.04. The van der Waals surface area contributed by atoms with E-state index in [0.29, 0.717) is 38.1 Å². The second kappa shape index (κ2) is 13.7. The molecular weight excluding hydrogens is 606 g/mol. The number of carbonyl (C=O) groups is 1. The molecule has 0 unspecified atom stereocenters. The van der Waals surface area contributed by atoms with Crippen LogP contribution in [0, 0.1) is 0 Å². The number of amides is 1. The third kappa shape index (κ3) is 6.26. The lowest BCUT2D eigenvalue weighted by Gasteiger charge is -2.31. The maximum Gasteiger partial charge on any atom is 0.410 e. The summed E-state index contributed by atoms with van der Waals surface area (Å²) in [6.07, 6.45) is 4.97. The van der Waals surface area contributed by atoms with E-state index in [-0.39, 0.29) is 18.4 Å². The molecule has 1 fully saturated rings. The van der Waals surface area contributed by atoms with Gasteiger partial charge in [-0.1, -0.05) is 48.5 Å². The second-order valence-corrected chi connectivity index (χ2v) is 12.0. The summed E-state index contributed by atoms with van der Waals surface area (Å²) in [7, 11) is 3.41. The molecule has 0 bridgehead atoms. The first-order chi connectivity index (χ1) is 23.5. The lowest BCUT2D eigenvalue weighted by Crippen LogP contribution is -2.38. The molecule has 3 aromatic heterocycles. The number of benzene rings is 3. The van der Waals surface area contributed by atoms with Gasteiger partial charge in [-0.25, -0.2) is 14.6 Å². The molecule has 10 heteroatoms. The first-order valence-corrected chi connectivity index (χ1v) is 16.1. The van der Waals surface area contributed by atoms with Gasteiger partial charge in [-0.3, -0.25) is 14.1 Å². The largest absolute Gasteiger partial charge is 0.475 e. The van der Waals surface area contributed by atoms with Gasteiger partial charge in [-0.15, -0.1) is 0 Å². The van der Waals surface area contributed by atoms with Crippen LogP contribution in [0.4, 0.5) is 4.79 Å². The van der Waals surface area contributed by atoms with Crippen molar-refractivity contribution in [3.8, 4) is 22.7 Å². The normalized spacial score (nSPS) is 13.7. The van der Waals surface area contributed by atoms with E-state index in [4.69, 9.17) is 14.2 Å². The van der Waals surface area contributed by atoms with Crippen molar-refractivity contribution in [2.75, 3.05) is 33.4 Å². The van der Waals surface area contributed by atoms with Gasteiger partial charge in [0.2, 0.25) is 5.88 Å². The summed E-state index contributed by atoms with van der Waals surface area (Å²) in [5, 5.41) is 0.874. The van der Waals surface area contributed by atoms with E-state index >= 15 is 0 Å². The van der Waals surface area contributed by atoms with Crippen molar-refractivity contribution in [3.05, 3.63) is 119 Å². The van der Waals surface area contributed by atoms with Crippen molar-refractivity contribution in [2.45, 2.75) is 25.4 Å². The molecule has 0 N–H and O–H groups in total. The molecule has 10 nitrogen and oxygen atoms in total. The Balaban J connectivity index is 1.11. The molecule has 0 aliphatic carbocycles. The molecule has 1 amide bonds. The van der Waals surface area contributed by atoms with E-state index in [1.54, 1.807) is 40.6 Å². The number of rotatable bonds is 9. The lowest BCUT2D eigenvalue weighted by atomic mass is 9.89. The van der Waals surface area contributed by atoms with E-state index in [2.05, 4.69) is 28.2 Å². The number of aromatic nitrogens is 4. The summed E-state index contributed by atoms with van der Waals surface area (Å²) in [5.41, 5.74) is 7.05. The number of fused-ring (bicyclic) bond motifs is 3. The number of pyridine rings is 2. The van der Waals surface area contributed by atoms with Crippen molar-refractivity contribution < 1.29 is 19.0 Å². The standard InChI is InChI=1S/C38H37N5O5/c1-41-34-24-39-33-14-10-29(30-11-15-35(40-23-30)47-21-20-46-2)22-32(33)36(34)43(37(41)44)31-12-8-27(9-13-31)28-16-18-42(19-17-28)38(45)48-25-26-6-4-3-5-7-26/h3-15,22-24,28H,16-21,25H2,1-2H3. The number of ether oxygens (including phenoxy) is 3. The minimum atomic E-state index is -0.270. The van der Waals surface area contributed by atoms with E-state index in [1.807, 2.05) is 66.7 Å². The predicted molar refractivity (Wildman–Crippen MR) is 185 cm³/mol. The van der Waals surface area contributed by atoms with Gasteiger partial charge in [0.1, 0.15) is 13.2 Å². The Kier molecular flexibility index (Phi) is 8.89. The van der Waals surface area contributed by atoms with E-state index in [1.165, 1.54) is 5.56 Å². The van der Waals surface area contributed by atoms with Gasteiger partial charge in [0.25, 0.3) is 0 Å². The van der Waals surface area contributed by atoms with Crippen LogP contribution in [0.5, 0.6) is 5.88 Å². The zero-order chi connectivity index (χ0) is 33.0. The molecule has 0 radical (unpaired) electrons. The van der Waals surface area contributed by atoms with Gasteiger partial charge >= 0.3 is 11.8 Å². The SMILES string of the molecule is COCCOc1ccc(-c2ccc3ncc4c(c3c2)n(-c2ccc(C3CCN(C(=O)OCc5ccccc5)CC3)cc2)c(=O)n4C)cn1. The minimum absolute atomic E-state index is 0.140. The number of aryl methyl sites for hydroxylation is 1. The van der Waals surface area contributed by atoms with E-state index in [9.17, 15) is 9.59 Å². The number of likely N-dealkylation sites (tertiary alicyclic amines) is 1. The summed E-state index contributed by atoms with van der Waals surface area (Å²) in [4.78, 5) is 37.3. The van der Waals surface area contributed by atoms with Crippen LogP contribution in [0.25, 0.3) is 38.8 Å².